The van der Waals surface area contributed by atoms with Gasteiger partial charge >= 0.3 is 0 Å². The molecule has 1 saturated heterocycles. The predicted octanol–water partition coefficient (Wildman–Crippen LogP) is 1.22. The quantitative estimate of drug-likeness (QED) is 0.741. The molecule has 0 radical (unpaired) electrons. The maximum absolute atomic E-state index is 5.73. The van der Waals surface area contributed by atoms with E-state index in [2.05, 4.69) is 25.7 Å². The second kappa shape index (κ2) is 5.69. The van der Waals surface area contributed by atoms with Crippen molar-refractivity contribution in [2.24, 2.45) is 5.73 Å². The number of nitrogens with zero attached hydrogens (tertiary/aromatic N) is 1. The van der Waals surface area contributed by atoms with Gasteiger partial charge < -0.3 is 10.5 Å². The predicted molar refractivity (Wildman–Crippen MR) is 59.3 cm³/mol. The van der Waals surface area contributed by atoms with E-state index in [-0.39, 0.29) is 0 Å². The lowest BCUT2D eigenvalue weighted by atomic mass is 10.0. The summed E-state index contributed by atoms with van der Waals surface area (Å²) in [4.78, 5) is 2.50. The SMILES string of the molecule is CC(C)N(C(C)CN)C1CCCOC1. The Balaban J connectivity index is 2.56. The molecule has 2 atom stereocenters. The highest BCUT2D eigenvalue weighted by Gasteiger charge is 2.26. The highest BCUT2D eigenvalue weighted by Crippen LogP contribution is 2.18. The Bertz CT molecular complexity index is 155. The normalized spacial score (nSPS) is 25.7. The van der Waals surface area contributed by atoms with Gasteiger partial charge in [0.15, 0.2) is 0 Å². The molecule has 1 heterocycles. The van der Waals surface area contributed by atoms with Gasteiger partial charge in [0, 0.05) is 31.3 Å². The van der Waals surface area contributed by atoms with Gasteiger partial charge in [-0.15, -0.1) is 0 Å². The summed E-state index contributed by atoms with van der Waals surface area (Å²) in [6.45, 7) is 9.22. The van der Waals surface area contributed by atoms with Crippen LogP contribution in [0.4, 0.5) is 0 Å². The fourth-order valence-corrected chi connectivity index (χ4v) is 2.37. The van der Waals surface area contributed by atoms with Crippen LogP contribution >= 0.6 is 0 Å². The fourth-order valence-electron chi connectivity index (χ4n) is 2.37. The zero-order valence-electron chi connectivity index (χ0n) is 9.70. The van der Waals surface area contributed by atoms with Gasteiger partial charge in [0.25, 0.3) is 0 Å². The molecule has 0 amide bonds. The highest BCUT2D eigenvalue weighted by molar-refractivity contribution is 4.81. The van der Waals surface area contributed by atoms with Crippen molar-refractivity contribution in [3.05, 3.63) is 0 Å². The van der Waals surface area contributed by atoms with Crippen LogP contribution in [-0.2, 0) is 4.74 Å². The molecule has 0 saturated carbocycles. The van der Waals surface area contributed by atoms with Crippen LogP contribution in [0.15, 0.2) is 0 Å². The number of rotatable bonds is 4. The van der Waals surface area contributed by atoms with Gasteiger partial charge in [0.1, 0.15) is 0 Å². The number of hydrogen-bond donors (Lipinski definition) is 1. The first-order chi connectivity index (χ1) is 6.66. The maximum Gasteiger partial charge on any atom is 0.0622 e. The van der Waals surface area contributed by atoms with Crippen molar-refractivity contribution in [3.8, 4) is 0 Å². The Hall–Kier alpha value is -0.120. The van der Waals surface area contributed by atoms with Crippen LogP contribution in [-0.4, -0.2) is 42.8 Å². The van der Waals surface area contributed by atoms with Crippen LogP contribution in [0.5, 0.6) is 0 Å². The Morgan fingerprint density at radius 1 is 1.43 bits per heavy atom. The molecular formula is C11H24N2O. The third-order valence-electron chi connectivity index (χ3n) is 3.00. The number of nitrogens with two attached hydrogens (primary N) is 1. The molecule has 2 N–H and O–H groups in total. The second-order valence-electron chi connectivity index (χ2n) is 4.50. The molecule has 84 valence electrons. The third-order valence-corrected chi connectivity index (χ3v) is 3.00. The smallest absolute Gasteiger partial charge is 0.0622 e. The van der Waals surface area contributed by atoms with Crippen molar-refractivity contribution >= 4 is 0 Å². The lowest BCUT2D eigenvalue weighted by Crippen LogP contribution is -2.52. The monoisotopic (exact) mass is 200 g/mol. The van der Waals surface area contributed by atoms with E-state index >= 15 is 0 Å². The Kier molecular flexibility index (Phi) is 4.85. The molecule has 3 heteroatoms. The van der Waals surface area contributed by atoms with Crippen LogP contribution in [0.2, 0.25) is 0 Å². The van der Waals surface area contributed by atoms with Crippen molar-refractivity contribution in [1.29, 1.82) is 0 Å². The van der Waals surface area contributed by atoms with E-state index in [0.29, 0.717) is 18.1 Å². The van der Waals surface area contributed by atoms with Crippen LogP contribution in [0.25, 0.3) is 0 Å². The van der Waals surface area contributed by atoms with Gasteiger partial charge in [0.2, 0.25) is 0 Å². The van der Waals surface area contributed by atoms with E-state index in [1.54, 1.807) is 0 Å². The molecule has 2 unspecified atom stereocenters. The molecule has 0 aromatic rings. The third kappa shape index (κ3) is 2.94. The van der Waals surface area contributed by atoms with E-state index < -0.39 is 0 Å². The van der Waals surface area contributed by atoms with Crippen molar-refractivity contribution in [2.75, 3.05) is 19.8 Å². The maximum atomic E-state index is 5.73. The molecule has 0 aromatic heterocycles. The van der Waals surface area contributed by atoms with E-state index in [4.69, 9.17) is 10.5 Å². The van der Waals surface area contributed by atoms with Crippen molar-refractivity contribution in [3.63, 3.8) is 0 Å². The lowest BCUT2D eigenvalue weighted by molar-refractivity contribution is -0.00967. The van der Waals surface area contributed by atoms with Gasteiger partial charge in [-0.3, -0.25) is 4.90 Å². The van der Waals surface area contributed by atoms with Gasteiger partial charge in [0.05, 0.1) is 6.61 Å². The van der Waals surface area contributed by atoms with Crippen molar-refractivity contribution in [2.45, 2.75) is 51.7 Å². The average molecular weight is 200 g/mol. The minimum absolute atomic E-state index is 0.460. The summed E-state index contributed by atoms with van der Waals surface area (Å²) in [5.41, 5.74) is 5.73. The zero-order chi connectivity index (χ0) is 10.6. The van der Waals surface area contributed by atoms with Crippen LogP contribution < -0.4 is 5.73 Å². The van der Waals surface area contributed by atoms with Crippen molar-refractivity contribution < 1.29 is 4.74 Å². The molecule has 0 bridgehead atoms. The Morgan fingerprint density at radius 3 is 2.57 bits per heavy atom. The topological polar surface area (TPSA) is 38.5 Å². The molecule has 1 fully saturated rings. The molecule has 14 heavy (non-hydrogen) atoms. The van der Waals surface area contributed by atoms with Gasteiger partial charge in [-0.1, -0.05) is 0 Å². The molecule has 0 spiro atoms. The summed E-state index contributed by atoms with van der Waals surface area (Å²) in [6.07, 6.45) is 2.44. The minimum Gasteiger partial charge on any atom is -0.380 e. The highest BCUT2D eigenvalue weighted by atomic mass is 16.5. The Labute approximate surface area is 87.6 Å². The summed E-state index contributed by atoms with van der Waals surface area (Å²) in [5.74, 6) is 0. The van der Waals surface area contributed by atoms with E-state index in [0.717, 1.165) is 19.8 Å². The molecular weight excluding hydrogens is 176 g/mol. The van der Waals surface area contributed by atoms with E-state index in [9.17, 15) is 0 Å². The van der Waals surface area contributed by atoms with Crippen LogP contribution in [0.1, 0.15) is 33.6 Å². The first-order valence-electron chi connectivity index (χ1n) is 5.72. The zero-order valence-corrected chi connectivity index (χ0v) is 9.70. The van der Waals surface area contributed by atoms with Gasteiger partial charge in [-0.25, -0.2) is 0 Å². The summed E-state index contributed by atoms with van der Waals surface area (Å²) in [5, 5.41) is 0. The van der Waals surface area contributed by atoms with Gasteiger partial charge in [-0.2, -0.15) is 0 Å². The average Bonchev–Trinajstić information content (AvgIpc) is 2.19. The van der Waals surface area contributed by atoms with Crippen LogP contribution in [0, 0.1) is 0 Å². The summed E-state index contributed by atoms with van der Waals surface area (Å²) >= 11 is 0. The first-order valence-corrected chi connectivity index (χ1v) is 5.72. The summed E-state index contributed by atoms with van der Waals surface area (Å²) in [7, 11) is 0. The number of ether oxygens (including phenoxy) is 1. The van der Waals surface area contributed by atoms with Gasteiger partial charge in [-0.05, 0) is 33.6 Å². The number of hydrogen-bond acceptors (Lipinski definition) is 3. The molecule has 0 aromatic carbocycles. The second-order valence-corrected chi connectivity index (χ2v) is 4.50. The molecule has 1 rings (SSSR count). The van der Waals surface area contributed by atoms with Crippen LogP contribution in [0.3, 0.4) is 0 Å². The molecule has 1 aliphatic rings. The van der Waals surface area contributed by atoms with E-state index in [1.807, 2.05) is 0 Å². The standard InChI is InChI=1S/C11H24N2O/c1-9(2)13(10(3)7-12)11-5-4-6-14-8-11/h9-11H,4-8,12H2,1-3H3. The molecule has 1 aliphatic heterocycles. The lowest BCUT2D eigenvalue weighted by Gasteiger charge is -2.40. The fraction of sp³-hybridized carbons (Fsp3) is 1.00. The molecule has 3 nitrogen and oxygen atoms in total. The minimum atomic E-state index is 0.460. The molecule has 0 aliphatic carbocycles. The first kappa shape index (κ1) is 12.0. The summed E-state index contributed by atoms with van der Waals surface area (Å²) in [6, 6.07) is 1.59. The summed E-state index contributed by atoms with van der Waals surface area (Å²) < 4.78 is 5.53. The largest absolute Gasteiger partial charge is 0.380 e. The van der Waals surface area contributed by atoms with Crippen molar-refractivity contribution in [1.82, 2.24) is 4.90 Å². The van der Waals surface area contributed by atoms with E-state index in [1.165, 1.54) is 12.8 Å². The Morgan fingerprint density at radius 2 is 2.14 bits per heavy atom.